The number of rotatable bonds is 7. The van der Waals surface area contributed by atoms with E-state index in [-0.39, 0.29) is 24.3 Å². The Balaban J connectivity index is 1.90. The second-order valence-electron chi connectivity index (χ2n) is 7.86. The molecule has 2 aromatic carbocycles. The van der Waals surface area contributed by atoms with E-state index in [0.29, 0.717) is 12.5 Å². The Bertz CT molecular complexity index is 1010. The van der Waals surface area contributed by atoms with Crippen molar-refractivity contribution in [2.45, 2.75) is 27.7 Å². The topological polar surface area (TPSA) is 67.2 Å². The maximum atomic E-state index is 12.7. The molecule has 0 aliphatic heterocycles. The van der Waals surface area contributed by atoms with Gasteiger partial charge >= 0.3 is 0 Å². The van der Waals surface area contributed by atoms with Crippen molar-refractivity contribution in [3.63, 3.8) is 0 Å². The second-order valence-corrected chi connectivity index (χ2v) is 7.86. The van der Waals surface area contributed by atoms with E-state index in [1.165, 1.54) is 6.92 Å². The van der Waals surface area contributed by atoms with E-state index >= 15 is 0 Å². The Kier molecular flexibility index (Phi) is 6.67. The van der Waals surface area contributed by atoms with Gasteiger partial charge in [-0.3, -0.25) is 19.5 Å². The first-order valence-electron chi connectivity index (χ1n) is 10.1. The standard InChI is InChI=1S/C24H28N4O2/c1-17(2)14-27(19(4)29)16-23(30)26-24-25-22(20-8-6-5-7-9-20)15-28(24)21-12-10-18(3)11-13-21/h5-13,15,17H,14,16H2,1-4H3,(H,25,26,30). The first kappa shape index (κ1) is 21.3. The third kappa shape index (κ3) is 5.35. The van der Waals surface area contributed by atoms with Crippen LogP contribution >= 0.6 is 0 Å². The monoisotopic (exact) mass is 404 g/mol. The van der Waals surface area contributed by atoms with Crippen molar-refractivity contribution in [2.24, 2.45) is 5.92 Å². The summed E-state index contributed by atoms with van der Waals surface area (Å²) in [5.41, 5.74) is 3.77. The molecule has 1 aromatic heterocycles. The maximum Gasteiger partial charge on any atom is 0.246 e. The molecule has 0 radical (unpaired) electrons. The summed E-state index contributed by atoms with van der Waals surface area (Å²) in [5.74, 6) is 0.312. The largest absolute Gasteiger partial charge is 0.333 e. The predicted octanol–water partition coefficient (Wildman–Crippen LogP) is 4.29. The van der Waals surface area contributed by atoms with Crippen molar-refractivity contribution in [2.75, 3.05) is 18.4 Å². The molecule has 30 heavy (non-hydrogen) atoms. The highest BCUT2D eigenvalue weighted by atomic mass is 16.2. The van der Waals surface area contributed by atoms with Gasteiger partial charge in [0, 0.05) is 30.9 Å². The lowest BCUT2D eigenvalue weighted by atomic mass is 10.2. The lowest BCUT2D eigenvalue weighted by Crippen LogP contribution is -2.39. The fourth-order valence-corrected chi connectivity index (χ4v) is 3.20. The second kappa shape index (κ2) is 9.39. The number of carbonyl (C=O) groups excluding carboxylic acids is 2. The molecule has 0 saturated carbocycles. The van der Waals surface area contributed by atoms with Crippen molar-refractivity contribution in [1.82, 2.24) is 14.5 Å². The molecule has 2 amide bonds. The molecular weight excluding hydrogens is 376 g/mol. The fourth-order valence-electron chi connectivity index (χ4n) is 3.20. The summed E-state index contributed by atoms with van der Waals surface area (Å²) in [6, 6.07) is 17.8. The molecule has 0 spiro atoms. The molecule has 0 saturated heterocycles. The van der Waals surface area contributed by atoms with Crippen LogP contribution in [0.2, 0.25) is 0 Å². The molecule has 6 nitrogen and oxygen atoms in total. The lowest BCUT2D eigenvalue weighted by molar-refractivity contribution is -0.133. The fraction of sp³-hybridized carbons (Fsp3) is 0.292. The number of carbonyl (C=O) groups is 2. The van der Waals surface area contributed by atoms with Crippen LogP contribution in [0.1, 0.15) is 26.3 Å². The first-order valence-corrected chi connectivity index (χ1v) is 10.1. The number of imidazole rings is 1. The van der Waals surface area contributed by atoms with Gasteiger partial charge in [0.05, 0.1) is 12.2 Å². The number of nitrogens with zero attached hydrogens (tertiary/aromatic N) is 3. The Morgan fingerprint density at radius 1 is 1.07 bits per heavy atom. The number of aryl methyl sites for hydroxylation is 1. The van der Waals surface area contributed by atoms with Crippen LogP contribution in [0.25, 0.3) is 16.9 Å². The molecule has 0 aliphatic carbocycles. The lowest BCUT2D eigenvalue weighted by Gasteiger charge is -2.22. The minimum absolute atomic E-state index is 0.00502. The third-order valence-corrected chi connectivity index (χ3v) is 4.70. The van der Waals surface area contributed by atoms with Gasteiger partial charge in [0.15, 0.2) is 0 Å². The molecule has 0 bridgehead atoms. The van der Waals surface area contributed by atoms with Crippen molar-refractivity contribution < 1.29 is 9.59 Å². The van der Waals surface area contributed by atoms with Crippen LogP contribution < -0.4 is 5.32 Å². The van der Waals surface area contributed by atoms with Gasteiger partial charge in [-0.15, -0.1) is 0 Å². The van der Waals surface area contributed by atoms with E-state index in [9.17, 15) is 9.59 Å². The highest BCUT2D eigenvalue weighted by molar-refractivity contribution is 5.93. The van der Waals surface area contributed by atoms with E-state index in [4.69, 9.17) is 0 Å². The van der Waals surface area contributed by atoms with Gasteiger partial charge < -0.3 is 4.90 Å². The molecule has 3 aromatic rings. The van der Waals surface area contributed by atoms with Crippen LogP contribution in [-0.4, -0.2) is 39.4 Å². The van der Waals surface area contributed by atoms with Gasteiger partial charge in [-0.05, 0) is 25.0 Å². The molecule has 0 unspecified atom stereocenters. The summed E-state index contributed by atoms with van der Waals surface area (Å²) < 4.78 is 1.86. The minimum atomic E-state index is -0.274. The first-order chi connectivity index (χ1) is 14.3. The highest BCUT2D eigenvalue weighted by Crippen LogP contribution is 2.24. The summed E-state index contributed by atoms with van der Waals surface area (Å²) in [5, 5.41) is 2.89. The van der Waals surface area contributed by atoms with E-state index in [0.717, 1.165) is 22.5 Å². The summed E-state index contributed by atoms with van der Waals surface area (Å²) in [4.78, 5) is 30.8. The van der Waals surface area contributed by atoms with Crippen molar-refractivity contribution >= 4 is 17.8 Å². The average molecular weight is 405 g/mol. The number of nitrogens with one attached hydrogen (secondary N) is 1. The van der Waals surface area contributed by atoms with Gasteiger partial charge in [0.1, 0.15) is 0 Å². The van der Waals surface area contributed by atoms with Gasteiger partial charge in [0.2, 0.25) is 17.8 Å². The average Bonchev–Trinajstić information content (AvgIpc) is 3.12. The van der Waals surface area contributed by atoms with Gasteiger partial charge in [-0.2, -0.15) is 0 Å². The number of hydrogen-bond donors (Lipinski definition) is 1. The zero-order valence-electron chi connectivity index (χ0n) is 17.9. The normalized spacial score (nSPS) is 10.8. The Morgan fingerprint density at radius 2 is 1.73 bits per heavy atom. The minimum Gasteiger partial charge on any atom is -0.333 e. The summed E-state index contributed by atoms with van der Waals surface area (Å²) in [6.45, 7) is 8.07. The van der Waals surface area contributed by atoms with Crippen molar-refractivity contribution in [3.8, 4) is 16.9 Å². The smallest absolute Gasteiger partial charge is 0.246 e. The SMILES string of the molecule is CC(=O)N(CC(=O)Nc1nc(-c2ccccc2)cn1-c1ccc(C)cc1)CC(C)C. The van der Waals surface area contributed by atoms with Crippen LogP contribution in [0.15, 0.2) is 60.8 Å². The van der Waals surface area contributed by atoms with Crippen LogP contribution in [0.3, 0.4) is 0 Å². The van der Waals surface area contributed by atoms with E-state index in [1.807, 2.05) is 86.1 Å². The molecule has 156 valence electrons. The number of aromatic nitrogens is 2. The maximum absolute atomic E-state index is 12.7. The molecule has 0 fully saturated rings. The number of benzene rings is 2. The van der Waals surface area contributed by atoms with E-state index in [1.54, 1.807) is 4.90 Å². The third-order valence-electron chi connectivity index (χ3n) is 4.70. The van der Waals surface area contributed by atoms with Gasteiger partial charge in [-0.1, -0.05) is 61.9 Å². The molecule has 1 N–H and O–H groups in total. The van der Waals surface area contributed by atoms with E-state index < -0.39 is 0 Å². The van der Waals surface area contributed by atoms with Crippen LogP contribution in [-0.2, 0) is 9.59 Å². The zero-order chi connectivity index (χ0) is 21.7. The molecule has 3 rings (SSSR count). The highest BCUT2D eigenvalue weighted by Gasteiger charge is 2.18. The molecular formula is C24H28N4O2. The van der Waals surface area contributed by atoms with Crippen molar-refractivity contribution in [3.05, 3.63) is 66.4 Å². The molecule has 0 atom stereocenters. The van der Waals surface area contributed by atoms with Crippen molar-refractivity contribution in [1.29, 1.82) is 0 Å². The summed E-state index contributed by atoms with van der Waals surface area (Å²) >= 11 is 0. The van der Waals surface area contributed by atoms with Gasteiger partial charge in [-0.25, -0.2) is 4.98 Å². The van der Waals surface area contributed by atoms with Crippen LogP contribution in [0.5, 0.6) is 0 Å². The molecule has 6 heteroatoms. The van der Waals surface area contributed by atoms with Crippen LogP contribution in [0.4, 0.5) is 5.95 Å². The van der Waals surface area contributed by atoms with Crippen LogP contribution in [0, 0.1) is 12.8 Å². The summed E-state index contributed by atoms with van der Waals surface area (Å²) in [7, 11) is 0. The number of hydrogen-bond acceptors (Lipinski definition) is 3. The number of anilines is 1. The Labute approximate surface area is 177 Å². The van der Waals surface area contributed by atoms with Gasteiger partial charge in [0.25, 0.3) is 0 Å². The molecule has 0 aliphatic rings. The Morgan fingerprint density at radius 3 is 2.33 bits per heavy atom. The quantitative estimate of drug-likeness (QED) is 0.639. The number of amides is 2. The summed E-state index contributed by atoms with van der Waals surface area (Å²) in [6.07, 6.45) is 1.91. The molecule has 1 heterocycles. The Hall–Kier alpha value is -3.41. The van der Waals surface area contributed by atoms with E-state index in [2.05, 4.69) is 10.3 Å². The predicted molar refractivity (Wildman–Crippen MR) is 119 cm³/mol. The zero-order valence-corrected chi connectivity index (χ0v) is 17.9.